The highest BCUT2D eigenvalue weighted by molar-refractivity contribution is 7.21. The Balaban J connectivity index is 1.90. The summed E-state index contributed by atoms with van der Waals surface area (Å²) in [5.41, 5.74) is 8.02. The zero-order chi connectivity index (χ0) is 20.1. The van der Waals surface area contributed by atoms with E-state index in [-0.39, 0.29) is 28.8 Å². The van der Waals surface area contributed by atoms with Crippen LogP contribution in [0.2, 0.25) is 0 Å². The molecule has 0 spiro atoms. The number of anilines is 1. The van der Waals surface area contributed by atoms with Crippen molar-refractivity contribution in [2.45, 2.75) is 71.5 Å². The molecule has 1 amide bonds. The normalized spacial score (nSPS) is 19.2. The van der Waals surface area contributed by atoms with Crippen molar-refractivity contribution in [2.24, 2.45) is 0 Å². The number of amides is 1. The zero-order valence-electron chi connectivity index (χ0n) is 16.9. The standard InChI is InChI=1S/C20H28N4O2S/c1-10-13(11(2)25)7-14-15(21)16(27-18(14)22-10)17(26)23-12-8-19(3,4)24-20(5,6)9-12/h7,12,24H,8-9,21H2,1-6H3,(H,23,26)/p+1. The van der Waals surface area contributed by atoms with Crippen LogP contribution in [-0.2, 0) is 0 Å². The topological polar surface area (TPSA) is 102 Å². The van der Waals surface area contributed by atoms with Crippen LogP contribution in [0.15, 0.2) is 6.07 Å². The molecular weight excluding hydrogens is 360 g/mol. The number of nitrogens with one attached hydrogen (secondary N) is 1. The van der Waals surface area contributed by atoms with E-state index in [9.17, 15) is 9.59 Å². The number of hydrogen-bond donors (Lipinski definition) is 3. The molecule has 146 valence electrons. The molecular formula is C20H29N4O2S+. The molecule has 1 aliphatic heterocycles. The Morgan fingerprint density at radius 1 is 1.26 bits per heavy atom. The van der Waals surface area contributed by atoms with Gasteiger partial charge in [-0.25, -0.2) is 4.98 Å². The Hall–Kier alpha value is -1.99. The van der Waals surface area contributed by atoms with E-state index in [4.69, 9.17) is 5.73 Å². The minimum atomic E-state index is -0.156. The minimum absolute atomic E-state index is 0.0542. The first-order valence-corrected chi connectivity index (χ1v) is 10.1. The summed E-state index contributed by atoms with van der Waals surface area (Å²) in [6.07, 6.45) is 1.80. The number of thiophene rings is 1. The van der Waals surface area contributed by atoms with E-state index in [0.29, 0.717) is 32.0 Å². The average molecular weight is 390 g/mol. The first-order chi connectivity index (χ1) is 12.4. The predicted molar refractivity (Wildman–Crippen MR) is 109 cm³/mol. The largest absolute Gasteiger partial charge is 0.397 e. The number of fused-ring (bicyclic) bond motifs is 1. The number of carbonyl (C=O) groups excluding carboxylic acids is 2. The summed E-state index contributed by atoms with van der Waals surface area (Å²) in [5.74, 6) is -0.211. The van der Waals surface area contributed by atoms with Gasteiger partial charge in [0.05, 0.1) is 16.8 Å². The Bertz CT molecular complexity index is 914. The van der Waals surface area contributed by atoms with E-state index in [2.05, 4.69) is 43.3 Å². The van der Waals surface area contributed by atoms with Gasteiger partial charge >= 0.3 is 0 Å². The number of nitrogen functional groups attached to an aromatic ring is 1. The number of carbonyl (C=O) groups is 2. The first kappa shape index (κ1) is 19.8. The Morgan fingerprint density at radius 3 is 2.41 bits per heavy atom. The van der Waals surface area contributed by atoms with Gasteiger partial charge < -0.3 is 16.4 Å². The quantitative estimate of drug-likeness (QED) is 0.702. The highest BCUT2D eigenvalue weighted by Gasteiger charge is 2.42. The highest BCUT2D eigenvalue weighted by atomic mass is 32.1. The van der Waals surface area contributed by atoms with Crippen LogP contribution >= 0.6 is 11.3 Å². The summed E-state index contributed by atoms with van der Waals surface area (Å²) in [6.45, 7) is 12.1. The van der Waals surface area contributed by atoms with Crippen LogP contribution in [0.1, 0.15) is 73.2 Å². The van der Waals surface area contributed by atoms with Gasteiger partial charge in [0, 0.05) is 35.5 Å². The number of aryl methyl sites for hydroxylation is 1. The van der Waals surface area contributed by atoms with Crippen molar-refractivity contribution in [3.05, 3.63) is 22.2 Å². The molecule has 0 bridgehead atoms. The molecule has 5 N–H and O–H groups in total. The van der Waals surface area contributed by atoms with Gasteiger partial charge in [-0.2, -0.15) is 0 Å². The van der Waals surface area contributed by atoms with Crippen molar-refractivity contribution < 1.29 is 14.9 Å². The maximum atomic E-state index is 12.9. The SMILES string of the molecule is CC(=O)c1cc2c(N)c(C(=O)NC3CC(C)(C)[NH2+]C(C)(C)C3)sc2nc1C. The number of hydrogen-bond acceptors (Lipinski definition) is 5. The van der Waals surface area contributed by atoms with E-state index >= 15 is 0 Å². The third-order valence-corrected chi connectivity index (χ3v) is 6.27. The van der Waals surface area contributed by atoms with Crippen molar-refractivity contribution in [2.75, 3.05) is 5.73 Å². The molecule has 0 atom stereocenters. The number of rotatable bonds is 3. The van der Waals surface area contributed by atoms with Crippen LogP contribution in [0.4, 0.5) is 5.69 Å². The summed E-state index contributed by atoms with van der Waals surface area (Å²) in [4.78, 5) is 30.4. The van der Waals surface area contributed by atoms with Gasteiger partial charge in [0.2, 0.25) is 0 Å². The lowest BCUT2D eigenvalue weighted by Gasteiger charge is -2.43. The predicted octanol–water partition coefficient (Wildman–Crippen LogP) is 2.40. The fraction of sp³-hybridized carbons (Fsp3) is 0.550. The molecule has 0 aliphatic carbocycles. The molecule has 2 aromatic rings. The summed E-state index contributed by atoms with van der Waals surface area (Å²) < 4.78 is 0. The third-order valence-electron chi connectivity index (χ3n) is 5.16. The van der Waals surface area contributed by atoms with E-state index in [0.717, 1.165) is 12.8 Å². The lowest BCUT2D eigenvalue weighted by Crippen LogP contribution is -3.06. The minimum Gasteiger partial charge on any atom is -0.397 e. The van der Waals surface area contributed by atoms with E-state index in [1.54, 1.807) is 13.0 Å². The summed E-state index contributed by atoms with van der Waals surface area (Å²) in [7, 11) is 0. The van der Waals surface area contributed by atoms with Gasteiger partial charge in [-0.1, -0.05) is 0 Å². The number of pyridine rings is 1. The maximum absolute atomic E-state index is 12.9. The molecule has 3 rings (SSSR count). The average Bonchev–Trinajstić information content (AvgIpc) is 2.79. The van der Waals surface area contributed by atoms with E-state index < -0.39 is 0 Å². The summed E-state index contributed by atoms with van der Waals surface area (Å²) in [6, 6.07) is 1.85. The van der Waals surface area contributed by atoms with E-state index in [1.165, 1.54) is 18.3 Å². The van der Waals surface area contributed by atoms with Gasteiger partial charge in [0.15, 0.2) is 5.78 Å². The molecule has 0 aromatic carbocycles. The molecule has 6 nitrogen and oxygen atoms in total. The number of Topliss-reactive ketones (excluding diaryl/α,β-unsaturated/α-hetero) is 1. The van der Waals surface area contributed by atoms with Gasteiger partial charge in [-0.15, -0.1) is 11.3 Å². The fourth-order valence-electron chi connectivity index (χ4n) is 4.52. The Labute approximate surface area is 163 Å². The lowest BCUT2D eigenvalue weighted by atomic mass is 9.79. The van der Waals surface area contributed by atoms with Gasteiger partial charge in [0.1, 0.15) is 9.71 Å². The van der Waals surface area contributed by atoms with Crippen LogP contribution < -0.4 is 16.4 Å². The second-order valence-electron chi connectivity index (χ2n) is 9.08. The van der Waals surface area contributed by atoms with Crippen LogP contribution in [0.3, 0.4) is 0 Å². The Morgan fingerprint density at radius 2 is 1.85 bits per heavy atom. The van der Waals surface area contributed by atoms with Crippen molar-refractivity contribution in [3.8, 4) is 0 Å². The number of nitrogens with two attached hydrogens (primary N) is 2. The number of quaternary nitrogens is 1. The van der Waals surface area contributed by atoms with Crippen molar-refractivity contribution in [1.82, 2.24) is 10.3 Å². The molecule has 3 heterocycles. The van der Waals surface area contributed by atoms with Crippen LogP contribution in [0, 0.1) is 6.92 Å². The van der Waals surface area contributed by atoms with Crippen molar-refractivity contribution >= 4 is 38.9 Å². The molecule has 1 aliphatic rings. The van der Waals surface area contributed by atoms with Gasteiger partial charge in [-0.3, -0.25) is 9.59 Å². The third kappa shape index (κ3) is 3.99. The monoisotopic (exact) mass is 389 g/mol. The fourth-order valence-corrected chi connectivity index (χ4v) is 5.55. The van der Waals surface area contributed by atoms with Crippen LogP contribution in [0.5, 0.6) is 0 Å². The second-order valence-corrected chi connectivity index (χ2v) is 10.1. The number of ketones is 1. The Kier molecular flexibility index (Phi) is 4.80. The molecule has 0 saturated carbocycles. The molecule has 2 aromatic heterocycles. The summed E-state index contributed by atoms with van der Waals surface area (Å²) >= 11 is 1.29. The smallest absolute Gasteiger partial charge is 0.263 e. The lowest BCUT2D eigenvalue weighted by molar-refractivity contribution is -0.787. The van der Waals surface area contributed by atoms with Crippen molar-refractivity contribution in [1.29, 1.82) is 0 Å². The molecule has 7 heteroatoms. The molecule has 1 fully saturated rings. The summed E-state index contributed by atoms with van der Waals surface area (Å²) in [5, 5.41) is 6.24. The molecule has 0 radical (unpaired) electrons. The van der Waals surface area contributed by atoms with Gasteiger partial charge in [-0.05, 0) is 47.6 Å². The highest BCUT2D eigenvalue weighted by Crippen LogP contribution is 2.34. The van der Waals surface area contributed by atoms with Crippen LogP contribution in [-0.4, -0.2) is 33.8 Å². The molecule has 1 saturated heterocycles. The second kappa shape index (κ2) is 6.56. The van der Waals surface area contributed by atoms with Gasteiger partial charge in [0.25, 0.3) is 5.91 Å². The number of aromatic nitrogens is 1. The van der Waals surface area contributed by atoms with E-state index in [1.807, 2.05) is 0 Å². The maximum Gasteiger partial charge on any atom is 0.263 e. The zero-order valence-corrected chi connectivity index (χ0v) is 17.7. The molecule has 0 unspecified atom stereocenters. The molecule has 27 heavy (non-hydrogen) atoms. The first-order valence-electron chi connectivity index (χ1n) is 9.27. The number of piperidine rings is 1. The number of nitrogens with zero attached hydrogens (tertiary/aromatic N) is 1. The van der Waals surface area contributed by atoms with Crippen molar-refractivity contribution in [3.63, 3.8) is 0 Å². The van der Waals surface area contributed by atoms with Crippen LogP contribution in [0.25, 0.3) is 10.2 Å².